The maximum absolute atomic E-state index is 13.2. The van der Waals surface area contributed by atoms with Crippen LogP contribution in [-0.2, 0) is 16.9 Å². The van der Waals surface area contributed by atoms with E-state index >= 15 is 0 Å². The molecule has 3 aromatic rings. The Morgan fingerprint density at radius 3 is 2.84 bits per heavy atom. The number of carbonyl (C=O) groups is 1. The van der Waals surface area contributed by atoms with Gasteiger partial charge in [0.1, 0.15) is 11.4 Å². The summed E-state index contributed by atoms with van der Waals surface area (Å²) in [4.78, 5) is 12.6. The number of amides is 1. The molecule has 0 saturated carbocycles. The lowest BCUT2D eigenvalue weighted by atomic mass is 10.1. The number of hydrogen-bond acceptors (Lipinski definition) is 3. The van der Waals surface area contributed by atoms with Crippen molar-refractivity contribution in [1.29, 1.82) is 0 Å². The van der Waals surface area contributed by atoms with Crippen LogP contribution in [0.5, 0.6) is 0 Å². The van der Waals surface area contributed by atoms with Crippen molar-refractivity contribution < 1.29 is 9.18 Å². The van der Waals surface area contributed by atoms with Gasteiger partial charge in [-0.3, -0.25) is 14.2 Å². The van der Waals surface area contributed by atoms with Crippen molar-refractivity contribution in [2.45, 2.75) is 25.9 Å². The van der Waals surface area contributed by atoms with E-state index < -0.39 is 5.54 Å². The average molecular weight is 406 g/mol. The molecule has 0 fully saturated rings. The number of nitrogens with one attached hydrogen (secondary N) is 1. The molecule has 130 valence electrons. The lowest BCUT2D eigenvalue weighted by molar-refractivity contribution is -0.123. The highest BCUT2D eigenvalue weighted by atomic mass is 79.9. The minimum Gasteiger partial charge on any atom is -0.307 e. The van der Waals surface area contributed by atoms with Gasteiger partial charge < -0.3 is 5.32 Å². The van der Waals surface area contributed by atoms with Crippen LogP contribution >= 0.6 is 15.9 Å². The normalized spacial score (nSPS) is 11.5. The van der Waals surface area contributed by atoms with E-state index in [9.17, 15) is 9.18 Å². The standard InChI is InChI=1S/C17H17BrFN5O/c1-17(2,24-11-13(18)9-20-24)16(25)21-15-6-7-23(22-15)10-12-4-3-5-14(19)8-12/h3-9,11H,10H2,1-2H3,(H,21,22,25). The van der Waals surface area contributed by atoms with Gasteiger partial charge in [0.05, 0.1) is 17.2 Å². The Kier molecular flexibility index (Phi) is 4.71. The highest BCUT2D eigenvalue weighted by molar-refractivity contribution is 9.10. The molecule has 8 heteroatoms. The fourth-order valence-corrected chi connectivity index (χ4v) is 2.60. The van der Waals surface area contributed by atoms with Crippen molar-refractivity contribution in [2.24, 2.45) is 0 Å². The zero-order valence-corrected chi connectivity index (χ0v) is 15.4. The van der Waals surface area contributed by atoms with Crippen LogP contribution in [-0.4, -0.2) is 25.5 Å². The molecule has 0 radical (unpaired) electrons. The molecule has 1 amide bonds. The third-order valence-corrected chi connectivity index (χ3v) is 4.20. The van der Waals surface area contributed by atoms with Gasteiger partial charge in [-0.15, -0.1) is 0 Å². The van der Waals surface area contributed by atoms with Gasteiger partial charge in [-0.25, -0.2) is 4.39 Å². The molecule has 0 spiro atoms. The summed E-state index contributed by atoms with van der Waals surface area (Å²) in [5.74, 6) is -0.0925. The number of carbonyl (C=O) groups excluding carboxylic acids is 1. The van der Waals surface area contributed by atoms with Gasteiger partial charge in [-0.2, -0.15) is 10.2 Å². The van der Waals surface area contributed by atoms with Gasteiger partial charge in [-0.05, 0) is 47.5 Å². The van der Waals surface area contributed by atoms with Gasteiger partial charge in [-0.1, -0.05) is 12.1 Å². The average Bonchev–Trinajstić information content (AvgIpc) is 3.17. The van der Waals surface area contributed by atoms with Crippen LogP contribution < -0.4 is 5.32 Å². The molecule has 25 heavy (non-hydrogen) atoms. The number of nitrogens with zero attached hydrogens (tertiary/aromatic N) is 4. The predicted octanol–water partition coefficient (Wildman–Crippen LogP) is 3.40. The molecule has 0 bridgehead atoms. The second kappa shape index (κ2) is 6.79. The summed E-state index contributed by atoms with van der Waals surface area (Å²) >= 11 is 3.32. The Balaban J connectivity index is 1.69. The molecule has 2 aromatic heterocycles. The monoisotopic (exact) mass is 405 g/mol. The number of aromatic nitrogens is 4. The summed E-state index contributed by atoms with van der Waals surface area (Å²) in [6, 6.07) is 8.03. The Labute approximate surface area is 152 Å². The van der Waals surface area contributed by atoms with Crippen molar-refractivity contribution in [2.75, 3.05) is 5.32 Å². The summed E-state index contributed by atoms with van der Waals surface area (Å²) in [6.45, 7) is 3.96. The molecule has 0 aliphatic carbocycles. The quantitative estimate of drug-likeness (QED) is 0.707. The van der Waals surface area contributed by atoms with Crippen LogP contribution in [0.25, 0.3) is 0 Å². The lowest BCUT2D eigenvalue weighted by Crippen LogP contribution is -2.40. The molecule has 0 atom stereocenters. The van der Waals surface area contributed by atoms with E-state index in [0.717, 1.165) is 10.0 Å². The van der Waals surface area contributed by atoms with Crippen molar-refractivity contribution in [3.8, 4) is 0 Å². The molecule has 0 saturated heterocycles. The highest BCUT2D eigenvalue weighted by Crippen LogP contribution is 2.19. The van der Waals surface area contributed by atoms with Gasteiger partial charge in [0.25, 0.3) is 5.91 Å². The Bertz CT molecular complexity index is 902. The third-order valence-electron chi connectivity index (χ3n) is 3.80. The van der Waals surface area contributed by atoms with E-state index in [-0.39, 0.29) is 11.7 Å². The topological polar surface area (TPSA) is 64.7 Å². The Morgan fingerprint density at radius 1 is 1.36 bits per heavy atom. The van der Waals surface area contributed by atoms with E-state index in [2.05, 4.69) is 31.4 Å². The number of halogens is 2. The maximum Gasteiger partial charge on any atom is 0.252 e. The molecule has 3 rings (SSSR count). The molecular formula is C17H17BrFN5O. The van der Waals surface area contributed by atoms with Crippen molar-refractivity contribution in [1.82, 2.24) is 19.6 Å². The van der Waals surface area contributed by atoms with E-state index in [0.29, 0.717) is 12.4 Å². The van der Waals surface area contributed by atoms with Crippen LogP contribution in [0.2, 0.25) is 0 Å². The molecule has 1 aromatic carbocycles. The van der Waals surface area contributed by atoms with E-state index in [1.807, 2.05) is 6.07 Å². The minimum atomic E-state index is -0.877. The molecule has 0 unspecified atom stereocenters. The smallest absolute Gasteiger partial charge is 0.252 e. The lowest BCUT2D eigenvalue weighted by Gasteiger charge is -2.23. The molecule has 0 aliphatic heterocycles. The maximum atomic E-state index is 13.2. The Hall–Kier alpha value is -2.48. The second-order valence-electron chi connectivity index (χ2n) is 6.14. The summed E-state index contributed by atoms with van der Waals surface area (Å²) in [5, 5.41) is 11.3. The van der Waals surface area contributed by atoms with E-state index in [1.54, 1.807) is 53.9 Å². The first-order valence-corrected chi connectivity index (χ1v) is 8.44. The number of benzene rings is 1. The van der Waals surface area contributed by atoms with Gasteiger partial charge >= 0.3 is 0 Å². The predicted molar refractivity (Wildman–Crippen MR) is 95.6 cm³/mol. The van der Waals surface area contributed by atoms with Crippen LogP contribution in [0.15, 0.2) is 53.4 Å². The molecule has 6 nitrogen and oxygen atoms in total. The van der Waals surface area contributed by atoms with Crippen LogP contribution in [0.1, 0.15) is 19.4 Å². The largest absolute Gasteiger partial charge is 0.307 e. The van der Waals surface area contributed by atoms with Crippen LogP contribution in [0.3, 0.4) is 0 Å². The molecular weight excluding hydrogens is 389 g/mol. The van der Waals surface area contributed by atoms with Crippen molar-refractivity contribution in [3.63, 3.8) is 0 Å². The van der Waals surface area contributed by atoms with Gasteiger partial charge in [0, 0.05) is 18.5 Å². The summed E-state index contributed by atoms with van der Waals surface area (Å²) in [6.07, 6.45) is 5.10. The fraction of sp³-hybridized carbons (Fsp3) is 0.235. The minimum absolute atomic E-state index is 0.237. The van der Waals surface area contributed by atoms with Crippen LogP contribution in [0, 0.1) is 5.82 Å². The highest BCUT2D eigenvalue weighted by Gasteiger charge is 2.31. The summed E-state index contributed by atoms with van der Waals surface area (Å²) < 4.78 is 17.3. The number of rotatable bonds is 5. The molecule has 0 aliphatic rings. The first-order valence-electron chi connectivity index (χ1n) is 7.64. The molecule has 2 heterocycles. The first-order chi connectivity index (χ1) is 11.8. The van der Waals surface area contributed by atoms with E-state index in [4.69, 9.17) is 0 Å². The van der Waals surface area contributed by atoms with Crippen molar-refractivity contribution >= 4 is 27.7 Å². The van der Waals surface area contributed by atoms with Crippen molar-refractivity contribution in [3.05, 3.63) is 64.8 Å². The number of anilines is 1. The zero-order chi connectivity index (χ0) is 18.0. The summed E-state index contributed by atoms with van der Waals surface area (Å²) in [5.41, 5.74) is -0.0825. The third kappa shape index (κ3) is 3.96. The molecule has 1 N–H and O–H groups in total. The fourth-order valence-electron chi connectivity index (χ4n) is 2.32. The SMILES string of the molecule is CC(C)(C(=O)Nc1ccn(Cc2cccc(F)c2)n1)n1cc(Br)cn1. The van der Waals surface area contributed by atoms with Crippen LogP contribution in [0.4, 0.5) is 10.2 Å². The Morgan fingerprint density at radius 2 is 2.16 bits per heavy atom. The van der Waals surface area contributed by atoms with Gasteiger partial charge in [0.15, 0.2) is 5.82 Å². The second-order valence-corrected chi connectivity index (χ2v) is 7.06. The van der Waals surface area contributed by atoms with E-state index in [1.165, 1.54) is 12.1 Å². The number of hydrogen-bond donors (Lipinski definition) is 1. The summed E-state index contributed by atoms with van der Waals surface area (Å²) in [7, 11) is 0. The first kappa shape index (κ1) is 17.3. The van der Waals surface area contributed by atoms with Gasteiger partial charge in [0.2, 0.25) is 0 Å². The zero-order valence-electron chi connectivity index (χ0n) is 13.8.